The lowest BCUT2D eigenvalue weighted by Crippen LogP contribution is -2.34. The van der Waals surface area contributed by atoms with E-state index in [1.807, 2.05) is 25.1 Å². The Kier molecular flexibility index (Phi) is 7.93. The van der Waals surface area contributed by atoms with Crippen LogP contribution in [0, 0.1) is 6.92 Å². The quantitative estimate of drug-likeness (QED) is 0.270. The van der Waals surface area contributed by atoms with Crippen molar-refractivity contribution in [1.82, 2.24) is 15.3 Å². The summed E-state index contributed by atoms with van der Waals surface area (Å²) in [6.07, 6.45) is -1.53. The van der Waals surface area contributed by atoms with Gasteiger partial charge in [0.1, 0.15) is 28.3 Å². The molecule has 0 spiro atoms. The number of aryl methyl sites for hydroxylation is 1. The highest BCUT2D eigenvalue weighted by molar-refractivity contribution is 8.00. The maximum absolute atomic E-state index is 12.8. The molecule has 0 aliphatic carbocycles. The molecule has 1 atom stereocenters. The van der Waals surface area contributed by atoms with Crippen LogP contribution in [0.2, 0.25) is 0 Å². The number of thiophene rings is 1. The minimum Gasteiger partial charge on any atom is -0.497 e. The molecule has 0 saturated heterocycles. The van der Waals surface area contributed by atoms with Gasteiger partial charge < -0.3 is 19.9 Å². The first-order valence-corrected chi connectivity index (χ1v) is 12.1. The fraction of sp³-hybridized carbons (Fsp3) is 0.391. The van der Waals surface area contributed by atoms with E-state index >= 15 is 0 Å². The van der Waals surface area contributed by atoms with E-state index in [0.717, 1.165) is 10.9 Å². The number of aliphatic hydroxyl groups excluding tert-OH is 1. The van der Waals surface area contributed by atoms with E-state index in [4.69, 9.17) is 9.47 Å². The summed E-state index contributed by atoms with van der Waals surface area (Å²) in [7, 11) is 1.60. The highest BCUT2D eigenvalue weighted by Crippen LogP contribution is 2.30. The number of Topliss-reactive ketones (excluding diaryl/α,β-unsaturated/α-hetero) is 1. The van der Waals surface area contributed by atoms with Crippen molar-refractivity contribution in [3.63, 3.8) is 0 Å². The van der Waals surface area contributed by atoms with E-state index in [9.17, 15) is 14.7 Å². The second-order valence-corrected chi connectivity index (χ2v) is 10.4. The van der Waals surface area contributed by atoms with Crippen LogP contribution in [0.1, 0.15) is 47.2 Å². The number of rotatable bonds is 8. The fourth-order valence-electron chi connectivity index (χ4n) is 2.91. The molecule has 33 heavy (non-hydrogen) atoms. The van der Waals surface area contributed by atoms with Crippen molar-refractivity contribution in [2.24, 2.45) is 0 Å². The molecule has 0 fully saturated rings. The summed E-state index contributed by atoms with van der Waals surface area (Å²) in [6, 6.07) is 8.95. The SMILES string of the molecule is COc1ccc2nc(C)nc(SCC(=O)c3ccc(C(O)CNC(=O)OC(C)(C)C)s3)c2c1. The number of benzene rings is 1. The van der Waals surface area contributed by atoms with Crippen LogP contribution in [-0.2, 0) is 4.74 Å². The first kappa shape index (κ1) is 24.9. The summed E-state index contributed by atoms with van der Waals surface area (Å²) < 4.78 is 10.5. The number of carbonyl (C=O) groups is 2. The van der Waals surface area contributed by atoms with E-state index in [-0.39, 0.29) is 18.1 Å². The Morgan fingerprint density at radius 3 is 2.67 bits per heavy atom. The smallest absolute Gasteiger partial charge is 0.407 e. The van der Waals surface area contributed by atoms with Gasteiger partial charge in [-0.2, -0.15) is 0 Å². The zero-order chi connectivity index (χ0) is 24.2. The normalized spacial score (nSPS) is 12.4. The van der Waals surface area contributed by atoms with Gasteiger partial charge in [0.15, 0.2) is 5.78 Å². The summed E-state index contributed by atoms with van der Waals surface area (Å²) in [5.41, 5.74) is 0.172. The molecule has 1 amide bonds. The number of aliphatic hydroxyl groups is 1. The number of carbonyl (C=O) groups excluding carboxylic acids is 2. The van der Waals surface area contributed by atoms with Crippen molar-refractivity contribution in [2.75, 3.05) is 19.4 Å². The molecule has 2 aromatic heterocycles. The topological polar surface area (TPSA) is 111 Å². The van der Waals surface area contributed by atoms with Gasteiger partial charge in [0.05, 0.1) is 29.8 Å². The second kappa shape index (κ2) is 10.5. The third-order valence-corrected chi connectivity index (χ3v) is 6.61. The maximum atomic E-state index is 12.8. The Balaban J connectivity index is 1.63. The molecule has 8 nitrogen and oxygen atoms in total. The molecule has 3 rings (SSSR count). The van der Waals surface area contributed by atoms with Crippen molar-refractivity contribution >= 4 is 45.9 Å². The third-order valence-electron chi connectivity index (χ3n) is 4.39. The summed E-state index contributed by atoms with van der Waals surface area (Å²) >= 11 is 2.54. The first-order chi connectivity index (χ1) is 15.6. The number of amides is 1. The van der Waals surface area contributed by atoms with Crippen LogP contribution < -0.4 is 10.1 Å². The van der Waals surface area contributed by atoms with Gasteiger partial charge in [-0.1, -0.05) is 11.8 Å². The van der Waals surface area contributed by atoms with Gasteiger partial charge in [-0.3, -0.25) is 4.79 Å². The van der Waals surface area contributed by atoms with Gasteiger partial charge in [-0.25, -0.2) is 14.8 Å². The van der Waals surface area contributed by atoms with Crippen LogP contribution >= 0.6 is 23.1 Å². The van der Waals surface area contributed by atoms with Crippen molar-refractivity contribution in [3.8, 4) is 5.75 Å². The molecular weight excluding hydrogens is 462 g/mol. The number of nitrogens with zero attached hydrogens (tertiary/aromatic N) is 2. The molecule has 2 N–H and O–H groups in total. The van der Waals surface area contributed by atoms with Crippen LogP contribution in [0.3, 0.4) is 0 Å². The summed E-state index contributed by atoms with van der Waals surface area (Å²) in [4.78, 5) is 34.6. The molecule has 0 bridgehead atoms. The first-order valence-electron chi connectivity index (χ1n) is 10.3. The molecule has 1 unspecified atom stereocenters. The Labute approximate surface area is 200 Å². The average Bonchev–Trinajstić information content (AvgIpc) is 3.24. The van der Waals surface area contributed by atoms with Gasteiger partial charge in [0.25, 0.3) is 0 Å². The average molecular weight is 490 g/mol. The number of hydrogen-bond donors (Lipinski definition) is 2. The highest BCUT2D eigenvalue weighted by Gasteiger charge is 2.19. The predicted octanol–water partition coefficient (Wildman–Crippen LogP) is 4.54. The molecule has 0 aliphatic heterocycles. The number of ketones is 1. The predicted molar refractivity (Wildman–Crippen MR) is 129 cm³/mol. The summed E-state index contributed by atoms with van der Waals surface area (Å²) in [5, 5.41) is 14.4. The minimum atomic E-state index is -0.933. The number of fused-ring (bicyclic) bond motifs is 1. The number of aromatic nitrogens is 2. The lowest BCUT2D eigenvalue weighted by molar-refractivity contribution is 0.0493. The van der Waals surface area contributed by atoms with Crippen molar-refractivity contribution < 1.29 is 24.2 Å². The lowest BCUT2D eigenvalue weighted by atomic mass is 10.2. The minimum absolute atomic E-state index is 0.00809. The van der Waals surface area contributed by atoms with Gasteiger partial charge >= 0.3 is 6.09 Å². The van der Waals surface area contributed by atoms with E-state index in [1.165, 1.54) is 23.1 Å². The molecule has 3 aromatic rings. The van der Waals surface area contributed by atoms with Crippen molar-refractivity contribution in [2.45, 2.75) is 44.4 Å². The van der Waals surface area contributed by atoms with E-state index in [2.05, 4.69) is 15.3 Å². The Hall–Kier alpha value is -2.69. The Morgan fingerprint density at radius 1 is 1.21 bits per heavy atom. The molecule has 1 aromatic carbocycles. The molecule has 10 heteroatoms. The number of nitrogens with one attached hydrogen (secondary N) is 1. The molecule has 2 heterocycles. The van der Waals surface area contributed by atoms with Gasteiger partial charge in [-0.15, -0.1) is 11.3 Å². The molecular formula is C23H27N3O5S2. The van der Waals surface area contributed by atoms with E-state index in [0.29, 0.717) is 26.4 Å². The molecule has 176 valence electrons. The number of hydrogen-bond acceptors (Lipinski definition) is 9. The highest BCUT2D eigenvalue weighted by atomic mass is 32.2. The molecule has 0 radical (unpaired) electrons. The number of alkyl carbamates (subject to hydrolysis) is 1. The Morgan fingerprint density at radius 2 is 1.97 bits per heavy atom. The van der Waals surface area contributed by atoms with Gasteiger partial charge in [0.2, 0.25) is 0 Å². The summed E-state index contributed by atoms with van der Waals surface area (Å²) in [5.74, 6) is 1.44. The maximum Gasteiger partial charge on any atom is 0.407 e. The Bertz CT molecular complexity index is 1160. The second-order valence-electron chi connectivity index (χ2n) is 8.27. The van der Waals surface area contributed by atoms with Crippen LogP contribution in [0.5, 0.6) is 5.75 Å². The number of methoxy groups -OCH3 is 1. The summed E-state index contributed by atoms with van der Waals surface area (Å²) in [6.45, 7) is 7.10. The van der Waals surface area contributed by atoms with Crippen LogP contribution in [-0.4, -0.2) is 52.0 Å². The monoisotopic (exact) mass is 489 g/mol. The zero-order valence-electron chi connectivity index (χ0n) is 19.2. The van der Waals surface area contributed by atoms with Crippen LogP contribution in [0.25, 0.3) is 10.9 Å². The zero-order valence-corrected chi connectivity index (χ0v) is 20.8. The van der Waals surface area contributed by atoms with E-state index < -0.39 is 17.8 Å². The number of ether oxygens (including phenoxy) is 2. The fourth-order valence-corrected chi connectivity index (χ4v) is 4.87. The third kappa shape index (κ3) is 6.89. The van der Waals surface area contributed by atoms with Crippen LogP contribution in [0.4, 0.5) is 4.79 Å². The van der Waals surface area contributed by atoms with E-state index in [1.54, 1.807) is 40.0 Å². The van der Waals surface area contributed by atoms with Crippen molar-refractivity contribution in [1.29, 1.82) is 0 Å². The molecule has 0 aliphatic rings. The largest absolute Gasteiger partial charge is 0.497 e. The van der Waals surface area contributed by atoms with Gasteiger partial charge in [-0.05, 0) is 58.0 Å². The molecule has 0 saturated carbocycles. The van der Waals surface area contributed by atoms with Gasteiger partial charge in [0, 0.05) is 10.3 Å². The number of thioether (sulfide) groups is 1. The van der Waals surface area contributed by atoms with Crippen LogP contribution in [0.15, 0.2) is 35.4 Å². The lowest BCUT2D eigenvalue weighted by Gasteiger charge is -2.20. The van der Waals surface area contributed by atoms with Crippen molar-refractivity contribution in [3.05, 3.63) is 45.9 Å². The standard InChI is InChI=1S/C23H27N3O5S2/c1-13-25-16-7-6-14(30-5)10-15(16)21(26-13)32-12-18(28)20-9-8-19(33-20)17(27)11-24-22(29)31-23(2,3)4/h6-10,17,27H,11-12H2,1-5H3,(H,24,29).